The Balaban J connectivity index is 2.11. The maximum Gasteiger partial charge on any atom is 0.128 e. The van der Waals surface area contributed by atoms with Crippen molar-refractivity contribution in [3.05, 3.63) is 65.5 Å². The second-order valence-corrected chi connectivity index (χ2v) is 4.24. The van der Waals surface area contributed by atoms with Crippen LogP contribution in [0.2, 0.25) is 0 Å². The first kappa shape index (κ1) is 12.6. The minimum absolute atomic E-state index is 0.0309. The monoisotopic (exact) mass is 245 g/mol. The minimum atomic E-state index is -0.204. The third-order valence-corrected chi connectivity index (χ3v) is 2.89. The number of hydrogen-bond acceptors (Lipinski definition) is 2. The summed E-state index contributed by atoms with van der Waals surface area (Å²) in [4.78, 5) is 0. The summed E-state index contributed by atoms with van der Waals surface area (Å²) in [5.74, 6) is -0.204. The summed E-state index contributed by atoms with van der Waals surface area (Å²) < 4.78 is 13.6. The van der Waals surface area contributed by atoms with Crippen molar-refractivity contribution >= 4 is 5.69 Å². The van der Waals surface area contributed by atoms with Crippen LogP contribution >= 0.6 is 0 Å². The first-order valence-corrected chi connectivity index (χ1v) is 5.91. The Kier molecular flexibility index (Phi) is 3.95. The van der Waals surface area contributed by atoms with Gasteiger partial charge in [-0.3, -0.25) is 0 Å². The molecule has 0 aromatic heterocycles. The third-order valence-electron chi connectivity index (χ3n) is 2.89. The molecule has 0 spiro atoms. The van der Waals surface area contributed by atoms with Crippen LogP contribution in [-0.2, 0) is 6.61 Å². The highest BCUT2D eigenvalue weighted by molar-refractivity contribution is 5.46. The van der Waals surface area contributed by atoms with Gasteiger partial charge in [0.1, 0.15) is 5.82 Å². The van der Waals surface area contributed by atoms with E-state index >= 15 is 0 Å². The van der Waals surface area contributed by atoms with Gasteiger partial charge in [-0.05, 0) is 30.7 Å². The summed E-state index contributed by atoms with van der Waals surface area (Å²) in [7, 11) is 0. The third kappa shape index (κ3) is 2.87. The molecule has 1 atom stereocenters. The fourth-order valence-corrected chi connectivity index (χ4v) is 1.86. The van der Waals surface area contributed by atoms with E-state index in [-0.39, 0.29) is 18.5 Å². The van der Waals surface area contributed by atoms with E-state index in [1.807, 2.05) is 37.3 Å². The number of hydrogen-bond donors (Lipinski definition) is 2. The molecule has 0 aliphatic carbocycles. The number of aliphatic hydroxyl groups excluding tert-OH is 1. The van der Waals surface area contributed by atoms with E-state index in [4.69, 9.17) is 5.11 Å². The zero-order chi connectivity index (χ0) is 13.0. The fourth-order valence-electron chi connectivity index (χ4n) is 1.86. The molecule has 0 saturated heterocycles. The van der Waals surface area contributed by atoms with Crippen molar-refractivity contribution < 1.29 is 9.50 Å². The highest BCUT2D eigenvalue weighted by Crippen LogP contribution is 2.21. The molecule has 0 bridgehead atoms. The van der Waals surface area contributed by atoms with Crippen LogP contribution in [0.5, 0.6) is 0 Å². The summed E-state index contributed by atoms with van der Waals surface area (Å²) in [6.07, 6.45) is 0. The largest absolute Gasteiger partial charge is 0.392 e. The molecule has 0 fully saturated rings. The molecule has 1 unspecified atom stereocenters. The van der Waals surface area contributed by atoms with E-state index in [2.05, 4.69) is 5.32 Å². The Morgan fingerprint density at radius 1 is 1.11 bits per heavy atom. The molecule has 2 N–H and O–H groups in total. The van der Waals surface area contributed by atoms with Gasteiger partial charge in [-0.2, -0.15) is 0 Å². The Hall–Kier alpha value is -1.87. The van der Waals surface area contributed by atoms with E-state index in [0.29, 0.717) is 5.56 Å². The van der Waals surface area contributed by atoms with E-state index in [9.17, 15) is 4.39 Å². The number of halogens is 1. The maximum atomic E-state index is 13.6. The first-order valence-electron chi connectivity index (χ1n) is 5.91. The molecule has 0 amide bonds. The Morgan fingerprint density at radius 3 is 2.39 bits per heavy atom. The second kappa shape index (κ2) is 5.65. The number of nitrogens with one attached hydrogen (secondary N) is 1. The molecule has 2 aromatic rings. The van der Waals surface area contributed by atoms with Crippen molar-refractivity contribution in [2.24, 2.45) is 0 Å². The molecular formula is C15H16FNO. The van der Waals surface area contributed by atoms with Crippen LogP contribution in [0.4, 0.5) is 10.1 Å². The average molecular weight is 245 g/mol. The fraction of sp³-hybridized carbons (Fsp3) is 0.200. The molecule has 18 heavy (non-hydrogen) atoms. The van der Waals surface area contributed by atoms with Gasteiger partial charge < -0.3 is 10.4 Å². The normalized spacial score (nSPS) is 12.2. The molecule has 0 aliphatic rings. The molecule has 0 heterocycles. The average Bonchev–Trinajstić information content (AvgIpc) is 2.40. The van der Waals surface area contributed by atoms with E-state index in [0.717, 1.165) is 11.3 Å². The number of rotatable bonds is 4. The van der Waals surface area contributed by atoms with Gasteiger partial charge in [0, 0.05) is 11.3 Å². The molecule has 94 valence electrons. The van der Waals surface area contributed by atoms with E-state index in [1.54, 1.807) is 12.1 Å². The Bertz CT molecular complexity index is 510. The SMILES string of the molecule is CC(Nc1ccc(CO)cc1)c1ccccc1F. The standard InChI is InChI=1S/C15H16FNO/c1-11(14-4-2-3-5-15(14)16)17-13-8-6-12(10-18)7-9-13/h2-9,11,17-18H,10H2,1H3. The smallest absolute Gasteiger partial charge is 0.128 e. The molecule has 0 radical (unpaired) electrons. The van der Waals surface area contributed by atoms with Crippen LogP contribution in [0.25, 0.3) is 0 Å². The van der Waals surface area contributed by atoms with E-state index in [1.165, 1.54) is 6.07 Å². The Labute approximate surface area is 106 Å². The van der Waals surface area contributed by atoms with Crippen molar-refractivity contribution in [3.63, 3.8) is 0 Å². The minimum Gasteiger partial charge on any atom is -0.392 e. The van der Waals surface area contributed by atoms with Gasteiger partial charge >= 0.3 is 0 Å². The highest BCUT2D eigenvalue weighted by Gasteiger charge is 2.09. The van der Waals surface area contributed by atoms with Crippen LogP contribution in [0.1, 0.15) is 24.1 Å². The van der Waals surface area contributed by atoms with Gasteiger partial charge in [0.05, 0.1) is 12.6 Å². The number of aliphatic hydroxyl groups is 1. The van der Waals surface area contributed by atoms with Crippen molar-refractivity contribution in [3.8, 4) is 0 Å². The molecule has 2 aromatic carbocycles. The lowest BCUT2D eigenvalue weighted by molar-refractivity contribution is 0.282. The molecular weight excluding hydrogens is 229 g/mol. The van der Waals surface area contributed by atoms with Gasteiger partial charge in [-0.25, -0.2) is 4.39 Å². The second-order valence-electron chi connectivity index (χ2n) is 4.24. The summed E-state index contributed by atoms with van der Waals surface area (Å²) in [5, 5.41) is 12.2. The quantitative estimate of drug-likeness (QED) is 0.864. The molecule has 0 saturated carbocycles. The zero-order valence-electron chi connectivity index (χ0n) is 10.2. The van der Waals surface area contributed by atoms with Crippen LogP contribution in [-0.4, -0.2) is 5.11 Å². The lowest BCUT2D eigenvalue weighted by atomic mass is 10.1. The van der Waals surface area contributed by atoms with E-state index < -0.39 is 0 Å². The molecule has 0 aliphatic heterocycles. The molecule has 2 nitrogen and oxygen atoms in total. The topological polar surface area (TPSA) is 32.3 Å². The molecule has 2 rings (SSSR count). The lowest BCUT2D eigenvalue weighted by Gasteiger charge is -2.16. The van der Waals surface area contributed by atoms with Crippen molar-refractivity contribution in [1.82, 2.24) is 0 Å². The van der Waals surface area contributed by atoms with Crippen molar-refractivity contribution in [2.75, 3.05) is 5.32 Å². The van der Waals surface area contributed by atoms with Crippen LogP contribution in [0, 0.1) is 5.82 Å². The Morgan fingerprint density at radius 2 is 1.78 bits per heavy atom. The first-order chi connectivity index (χ1) is 8.70. The van der Waals surface area contributed by atoms with Gasteiger partial charge in [0.25, 0.3) is 0 Å². The lowest BCUT2D eigenvalue weighted by Crippen LogP contribution is -2.08. The summed E-state index contributed by atoms with van der Waals surface area (Å²) >= 11 is 0. The zero-order valence-corrected chi connectivity index (χ0v) is 10.2. The predicted octanol–water partition coefficient (Wildman–Crippen LogP) is 3.49. The summed E-state index contributed by atoms with van der Waals surface area (Å²) in [6.45, 7) is 1.95. The summed E-state index contributed by atoms with van der Waals surface area (Å²) in [5.41, 5.74) is 2.41. The van der Waals surface area contributed by atoms with Gasteiger partial charge in [0.2, 0.25) is 0 Å². The highest BCUT2D eigenvalue weighted by atomic mass is 19.1. The van der Waals surface area contributed by atoms with Crippen molar-refractivity contribution in [1.29, 1.82) is 0 Å². The van der Waals surface area contributed by atoms with Crippen LogP contribution in [0.15, 0.2) is 48.5 Å². The predicted molar refractivity (Wildman–Crippen MR) is 70.8 cm³/mol. The number of benzene rings is 2. The molecule has 3 heteroatoms. The van der Waals surface area contributed by atoms with Gasteiger partial charge in [-0.15, -0.1) is 0 Å². The maximum absolute atomic E-state index is 13.6. The number of anilines is 1. The van der Waals surface area contributed by atoms with Crippen LogP contribution < -0.4 is 5.32 Å². The van der Waals surface area contributed by atoms with Crippen molar-refractivity contribution in [2.45, 2.75) is 19.6 Å². The van der Waals surface area contributed by atoms with Gasteiger partial charge in [-0.1, -0.05) is 30.3 Å². The van der Waals surface area contributed by atoms with Gasteiger partial charge in [0.15, 0.2) is 0 Å². The summed E-state index contributed by atoms with van der Waals surface area (Å²) in [6, 6.07) is 14.1. The van der Waals surface area contributed by atoms with Crippen LogP contribution in [0.3, 0.4) is 0 Å².